The molecule has 0 atom stereocenters. The Bertz CT molecular complexity index is 683. The summed E-state index contributed by atoms with van der Waals surface area (Å²) < 4.78 is 19.3. The predicted octanol–water partition coefficient (Wildman–Crippen LogP) is 5.59. The molecule has 2 aromatic rings. The highest BCUT2D eigenvalue weighted by Crippen LogP contribution is 2.36. The van der Waals surface area contributed by atoms with Crippen LogP contribution in [0.15, 0.2) is 24.3 Å². The SMILES string of the molecule is Cc1cc(Oc2cc(C(C)C)c(Cl)cc2C)c(N)cc1F. The number of anilines is 1. The van der Waals surface area contributed by atoms with E-state index in [1.165, 1.54) is 6.07 Å². The number of ether oxygens (including phenoxy) is 1. The maximum atomic E-state index is 13.4. The van der Waals surface area contributed by atoms with E-state index in [2.05, 4.69) is 13.8 Å². The van der Waals surface area contributed by atoms with Crippen molar-refractivity contribution in [3.8, 4) is 11.5 Å². The molecule has 4 heteroatoms. The van der Waals surface area contributed by atoms with E-state index >= 15 is 0 Å². The Hall–Kier alpha value is -1.74. The molecule has 0 aliphatic heterocycles. The Morgan fingerprint density at radius 2 is 1.71 bits per heavy atom. The van der Waals surface area contributed by atoms with Crippen LogP contribution in [0.1, 0.15) is 36.5 Å². The van der Waals surface area contributed by atoms with Crippen LogP contribution in [0.5, 0.6) is 11.5 Å². The summed E-state index contributed by atoms with van der Waals surface area (Å²) in [5, 5.41) is 0.720. The van der Waals surface area contributed by atoms with Crippen LogP contribution >= 0.6 is 11.6 Å². The molecule has 21 heavy (non-hydrogen) atoms. The summed E-state index contributed by atoms with van der Waals surface area (Å²) in [6, 6.07) is 6.67. The summed E-state index contributed by atoms with van der Waals surface area (Å²) in [4.78, 5) is 0. The van der Waals surface area contributed by atoms with E-state index in [-0.39, 0.29) is 17.4 Å². The van der Waals surface area contributed by atoms with Crippen molar-refractivity contribution in [1.29, 1.82) is 0 Å². The molecule has 0 spiro atoms. The highest BCUT2D eigenvalue weighted by molar-refractivity contribution is 6.31. The van der Waals surface area contributed by atoms with Gasteiger partial charge in [-0.05, 0) is 54.7 Å². The molecule has 0 aliphatic rings. The van der Waals surface area contributed by atoms with Crippen LogP contribution in [0.3, 0.4) is 0 Å². The average molecular weight is 308 g/mol. The molecule has 0 heterocycles. The zero-order valence-corrected chi connectivity index (χ0v) is 13.4. The maximum absolute atomic E-state index is 13.4. The van der Waals surface area contributed by atoms with E-state index in [1.807, 2.05) is 19.1 Å². The van der Waals surface area contributed by atoms with Crippen molar-refractivity contribution in [2.45, 2.75) is 33.6 Å². The van der Waals surface area contributed by atoms with Crippen LogP contribution in [-0.4, -0.2) is 0 Å². The zero-order valence-electron chi connectivity index (χ0n) is 12.6. The lowest BCUT2D eigenvalue weighted by atomic mass is 10.0. The minimum absolute atomic E-state index is 0.276. The Balaban J connectivity index is 2.44. The molecule has 2 aromatic carbocycles. The minimum atomic E-state index is -0.337. The first-order valence-electron chi connectivity index (χ1n) is 6.83. The first-order valence-corrected chi connectivity index (χ1v) is 7.21. The molecule has 0 saturated heterocycles. The summed E-state index contributed by atoms with van der Waals surface area (Å²) in [5.74, 6) is 1.08. The molecule has 0 aliphatic carbocycles. The molecule has 0 aromatic heterocycles. The number of nitrogen functional groups attached to an aromatic ring is 1. The van der Waals surface area contributed by atoms with Crippen molar-refractivity contribution in [1.82, 2.24) is 0 Å². The summed E-state index contributed by atoms with van der Waals surface area (Å²) >= 11 is 6.25. The summed E-state index contributed by atoms with van der Waals surface area (Å²) in [7, 11) is 0. The molecule has 0 fully saturated rings. The van der Waals surface area contributed by atoms with E-state index in [0.717, 1.165) is 16.1 Å². The van der Waals surface area contributed by atoms with Crippen molar-refractivity contribution >= 4 is 17.3 Å². The van der Waals surface area contributed by atoms with Crippen LogP contribution in [0.4, 0.5) is 10.1 Å². The van der Waals surface area contributed by atoms with Crippen molar-refractivity contribution in [2.24, 2.45) is 0 Å². The van der Waals surface area contributed by atoms with E-state index in [9.17, 15) is 4.39 Å². The largest absolute Gasteiger partial charge is 0.455 e. The van der Waals surface area contributed by atoms with E-state index in [1.54, 1.807) is 13.0 Å². The van der Waals surface area contributed by atoms with Gasteiger partial charge in [0.1, 0.15) is 11.6 Å². The quantitative estimate of drug-likeness (QED) is 0.750. The van der Waals surface area contributed by atoms with Gasteiger partial charge in [0.05, 0.1) is 5.69 Å². The van der Waals surface area contributed by atoms with Gasteiger partial charge in [-0.15, -0.1) is 0 Å². The van der Waals surface area contributed by atoms with Crippen LogP contribution in [-0.2, 0) is 0 Å². The Morgan fingerprint density at radius 1 is 1.05 bits per heavy atom. The molecule has 2 rings (SSSR count). The number of halogens is 2. The molecule has 2 N–H and O–H groups in total. The molecule has 0 bridgehead atoms. The molecular formula is C17H19ClFNO. The van der Waals surface area contributed by atoms with Gasteiger partial charge >= 0.3 is 0 Å². The fourth-order valence-corrected chi connectivity index (χ4v) is 2.53. The third-order valence-electron chi connectivity index (χ3n) is 3.43. The molecule has 0 unspecified atom stereocenters. The van der Waals surface area contributed by atoms with Gasteiger partial charge in [0.15, 0.2) is 5.75 Å². The van der Waals surface area contributed by atoms with Gasteiger partial charge in [-0.1, -0.05) is 25.4 Å². The van der Waals surface area contributed by atoms with E-state index in [0.29, 0.717) is 17.1 Å². The molecule has 0 radical (unpaired) electrons. The van der Waals surface area contributed by atoms with Gasteiger partial charge in [0, 0.05) is 11.1 Å². The first kappa shape index (κ1) is 15.6. The fraction of sp³-hybridized carbons (Fsp3) is 0.294. The van der Waals surface area contributed by atoms with Crippen LogP contribution in [0.25, 0.3) is 0 Å². The lowest BCUT2D eigenvalue weighted by Crippen LogP contribution is -1.98. The molecule has 0 saturated carbocycles. The highest BCUT2D eigenvalue weighted by Gasteiger charge is 2.13. The van der Waals surface area contributed by atoms with Crippen LogP contribution in [0.2, 0.25) is 5.02 Å². The van der Waals surface area contributed by atoms with Gasteiger partial charge in [-0.2, -0.15) is 0 Å². The monoisotopic (exact) mass is 307 g/mol. The third-order valence-corrected chi connectivity index (χ3v) is 3.75. The second-order valence-electron chi connectivity index (χ2n) is 5.54. The molecule has 2 nitrogen and oxygen atoms in total. The summed E-state index contributed by atoms with van der Waals surface area (Å²) in [6.07, 6.45) is 0. The van der Waals surface area contributed by atoms with Crippen LogP contribution < -0.4 is 10.5 Å². The Labute approximate surface area is 129 Å². The number of benzene rings is 2. The predicted molar refractivity (Wildman–Crippen MR) is 85.9 cm³/mol. The second kappa shape index (κ2) is 5.94. The van der Waals surface area contributed by atoms with Gasteiger partial charge in [-0.25, -0.2) is 4.39 Å². The van der Waals surface area contributed by atoms with Crippen molar-refractivity contribution in [3.05, 3.63) is 51.8 Å². The number of nitrogens with two attached hydrogens (primary N) is 1. The Morgan fingerprint density at radius 3 is 2.33 bits per heavy atom. The van der Waals surface area contributed by atoms with Crippen molar-refractivity contribution < 1.29 is 9.13 Å². The van der Waals surface area contributed by atoms with E-state index < -0.39 is 0 Å². The zero-order chi connectivity index (χ0) is 15.7. The molecule has 0 amide bonds. The number of rotatable bonds is 3. The number of aryl methyl sites for hydroxylation is 2. The molecular weight excluding hydrogens is 289 g/mol. The van der Waals surface area contributed by atoms with E-state index in [4.69, 9.17) is 22.1 Å². The number of hydrogen-bond acceptors (Lipinski definition) is 2. The Kier molecular flexibility index (Phi) is 4.43. The van der Waals surface area contributed by atoms with Gasteiger partial charge in [0.2, 0.25) is 0 Å². The normalized spacial score (nSPS) is 11.0. The number of hydrogen-bond donors (Lipinski definition) is 1. The summed E-state index contributed by atoms with van der Waals surface area (Å²) in [5.41, 5.74) is 8.51. The van der Waals surface area contributed by atoms with Crippen molar-refractivity contribution in [2.75, 3.05) is 5.73 Å². The fourth-order valence-electron chi connectivity index (χ4n) is 2.10. The standard InChI is InChI=1S/C17H19ClFNO/c1-9(2)12-7-16(11(4)5-13(12)18)21-17-6-10(3)14(19)8-15(17)20/h5-9H,20H2,1-4H3. The average Bonchev–Trinajstić information content (AvgIpc) is 2.38. The highest BCUT2D eigenvalue weighted by atomic mass is 35.5. The topological polar surface area (TPSA) is 35.2 Å². The lowest BCUT2D eigenvalue weighted by molar-refractivity contribution is 0.477. The van der Waals surface area contributed by atoms with Crippen molar-refractivity contribution in [3.63, 3.8) is 0 Å². The summed E-state index contributed by atoms with van der Waals surface area (Å²) in [6.45, 7) is 7.72. The minimum Gasteiger partial charge on any atom is -0.455 e. The molecule has 112 valence electrons. The van der Waals surface area contributed by atoms with Gasteiger partial charge in [0.25, 0.3) is 0 Å². The maximum Gasteiger partial charge on any atom is 0.150 e. The van der Waals surface area contributed by atoms with Gasteiger partial charge in [-0.3, -0.25) is 0 Å². The lowest BCUT2D eigenvalue weighted by Gasteiger charge is -2.16. The third kappa shape index (κ3) is 3.30. The first-order chi connectivity index (χ1) is 9.79. The van der Waals surface area contributed by atoms with Crippen LogP contribution in [0, 0.1) is 19.7 Å². The second-order valence-corrected chi connectivity index (χ2v) is 5.94. The van der Waals surface area contributed by atoms with Gasteiger partial charge < -0.3 is 10.5 Å². The smallest absolute Gasteiger partial charge is 0.150 e.